The molecule has 0 aromatic heterocycles. The number of hydrogen-bond donors (Lipinski definition) is 0. The summed E-state index contributed by atoms with van der Waals surface area (Å²) in [4.78, 5) is 11.2. The zero-order chi connectivity index (χ0) is 14.4. The van der Waals surface area contributed by atoms with Crippen molar-refractivity contribution in [3.05, 3.63) is 60.2 Å². The molecule has 3 heteroatoms. The number of aryl methyl sites for hydroxylation is 1. The number of alkyl halides is 1. The van der Waals surface area contributed by atoms with Crippen molar-refractivity contribution in [1.29, 1.82) is 0 Å². The Balaban J connectivity index is 1.97. The summed E-state index contributed by atoms with van der Waals surface area (Å²) in [5.41, 5.74) is 3.55. The molecule has 1 atom stereocenters. The summed E-state index contributed by atoms with van der Waals surface area (Å²) < 4.78 is 4.61. The Morgan fingerprint density at radius 3 is 2.25 bits per heavy atom. The molecule has 0 bridgehead atoms. The predicted molar refractivity (Wildman–Crippen MR) is 81.9 cm³/mol. The molecule has 0 fully saturated rings. The molecule has 0 N–H and O–H groups in total. The molecule has 0 aliphatic heterocycles. The lowest BCUT2D eigenvalue weighted by Gasteiger charge is -2.08. The van der Waals surface area contributed by atoms with Gasteiger partial charge in [0, 0.05) is 0 Å². The number of rotatable bonds is 5. The van der Waals surface area contributed by atoms with E-state index < -0.39 is 5.38 Å². The highest BCUT2D eigenvalue weighted by molar-refractivity contribution is 6.29. The molecule has 0 radical (unpaired) electrons. The normalized spacial score (nSPS) is 11.9. The number of carbonyl (C=O) groups excluding carboxylic acids is 1. The summed E-state index contributed by atoms with van der Waals surface area (Å²) in [5.74, 6) is -0.368. The lowest BCUT2D eigenvalue weighted by Crippen LogP contribution is -2.16. The zero-order valence-electron chi connectivity index (χ0n) is 11.4. The van der Waals surface area contributed by atoms with E-state index in [9.17, 15) is 4.79 Å². The molecule has 2 aromatic carbocycles. The molecule has 104 valence electrons. The minimum atomic E-state index is -0.575. The third kappa shape index (κ3) is 3.84. The Bertz CT molecular complexity index is 549. The number of benzene rings is 2. The van der Waals surface area contributed by atoms with Crippen LogP contribution in [0.3, 0.4) is 0 Å². The van der Waals surface area contributed by atoms with Crippen LogP contribution in [-0.2, 0) is 16.0 Å². The molecular formula is C17H17ClO2. The maximum atomic E-state index is 11.2. The van der Waals surface area contributed by atoms with Gasteiger partial charge in [-0.25, -0.2) is 0 Å². The molecule has 2 rings (SSSR count). The monoisotopic (exact) mass is 288 g/mol. The highest BCUT2D eigenvalue weighted by Crippen LogP contribution is 2.20. The molecule has 0 aliphatic carbocycles. The van der Waals surface area contributed by atoms with Crippen molar-refractivity contribution in [2.24, 2.45) is 0 Å². The van der Waals surface area contributed by atoms with Gasteiger partial charge >= 0.3 is 5.97 Å². The summed E-state index contributed by atoms with van der Waals surface area (Å²) in [6.07, 6.45) is 1.34. The SMILES string of the molecule is COC(=O)C(Cl)CCc1ccc(-c2ccccc2)cc1. The van der Waals surface area contributed by atoms with Gasteiger partial charge in [0.05, 0.1) is 7.11 Å². The molecule has 0 saturated carbocycles. The third-order valence-corrected chi connectivity index (χ3v) is 3.60. The summed E-state index contributed by atoms with van der Waals surface area (Å²) >= 11 is 5.93. The number of esters is 1. The van der Waals surface area contributed by atoms with Crippen molar-refractivity contribution >= 4 is 17.6 Å². The van der Waals surface area contributed by atoms with Gasteiger partial charge in [-0.05, 0) is 29.5 Å². The van der Waals surface area contributed by atoms with Gasteiger partial charge in [0.15, 0.2) is 0 Å². The maximum absolute atomic E-state index is 11.2. The number of hydrogen-bond acceptors (Lipinski definition) is 2. The lowest BCUT2D eigenvalue weighted by atomic mass is 10.0. The molecule has 2 nitrogen and oxygen atoms in total. The van der Waals surface area contributed by atoms with Gasteiger partial charge in [0.2, 0.25) is 0 Å². The molecule has 0 saturated heterocycles. The highest BCUT2D eigenvalue weighted by Gasteiger charge is 2.15. The summed E-state index contributed by atoms with van der Waals surface area (Å²) in [6, 6.07) is 18.5. The van der Waals surface area contributed by atoms with E-state index in [-0.39, 0.29) is 5.97 Å². The molecule has 0 amide bonds. The first kappa shape index (κ1) is 14.6. The maximum Gasteiger partial charge on any atom is 0.323 e. The van der Waals surface area contributed by atoms with E-state index in [2.05, 4.69) is 41.1 Å². The largest absolute Gasteiger partial charge is 0.468 e. The van der Waals surface area contributed by atoms with Crippen LogP contribution in [0.25, 0.3) is 11.1 Å². The van der Waals surface area contributed by atoms with Gasteiger partial charge in [-0.1, -0.05) is 54.6 Å². The minimum Gasteiger partial charge on any atom is -0.468 e. The van der Waals surface area contributed by atoms with Crippen LogP contribution in [0.15, 0.2) is 54.6 Å². The fourth-order valence-electron chi connectivity index (χ4n) is 2.03. The second-order valence-electron chi connectivity index (χ2n) is 4.59. The van der Waals surface area contributed by atoms with Crippen LogP contribution in [0.5, 0.6) is 0 Å². The van der Waals surface area contributed by atoms with Crippen LogP contribution in [0.4, 0.5) is 0 Å². The van der Waals surface area contributed by atoms with Crippen molar-refractivity contribution in [2.75, 3.05) is 7.11 Å². The Labute approximate surface area is 124 Å². The van der Waals surface area contributed by atoms with Crippen LogP contribution < -0.4 is 0 Å². The van der Waals surface area contributed by atoms with Gasteiger partial charge in [0.25, 0.3) is 0 Å². The van der Waals surface area contributed by atoms with Crippen LogP contribution in [0, 0.1) is 0 Å². The average Bonchev–Trinajstić information content (AvgIpc) is 2.53. The number of methoxy groups -OCH3 is 1. The zero-order valence-corrected chi connectivity index (χ0v) is 12.1. The van der Waals surface area contributed by atoms with Crippen LogP contribution in [0.1, 0.15) is 12.0 Å². The average molecular weight is 289 g/mol. The van der Waals surface area contributed by atoms with Crippen molar-refractivity contribution in [3.63, 3.8) is 0 Å². The van der Waals surface area contributed by atoms with Crippen molar-refractivity contribution in [1.82, 2.24) is 0 Å². The Hall–Kier alpha value is -1.80. The van der Waals surface area contributed by atoms with E-state index in [0.29, 0.717) is 6.42 Å². The number of carbonyl (C=O) groups is 1. The fourth-order valence-corrected chi connectivity index (χ4v) is 2.23. The number of halogens is 1. The third-order valence-electron chi connectivity index (χ3n) is 3.20. The van der Waals surface area contributed by atoms with Gasteiger partial charge in [-0.15, -0.1) is 11.6 Å². The summed E-state index contributed by atoms with van der Waals surface area (Å²) in [6.45, 7) is 0. The summed E-state index contributed by atoms with van der Waals surface area (Å²) in [5, 5.41) is -0.575. The fraction of sp³-hybridized carbons (Fsp3) is 0.235. The quantitative estimate of drug-likeness (QED) is 0.612. The first-order chi connectivity index (χ1) is 9.70. The number of ether oxygens (including phenoxy) is 1. The molecule has 1 unspecified atom stereocenters. The molecule has 0 aliphatic rings. The topological polar surface area (TPSA) is 26.3 Å². The van der Waals surface area contributed by atoms with Crippen molar-refractivity contribution < 1.29 is 9.53 Å². The molecule has 0 spiro atoms. The van der Waals surface area contributed by atoms with E-state index in [0.717, 1.165) is 6.42 Å². The molecule has 0 heterocycles. The molecular weight excluding hydrogens is 272 g/mol. The van der Waals surface area contributed by atoms with Gasteiger partial charge in [0.1, 0.15) is 5.38 Å². The Morgan fingerprint density at radius 2 is 1.65 bits per heavy atom. The van der Waals surface area contributed by atoms with Gasteiger partial charge < -0.3 is 4.74 Å². The lowest BCUT2D eigenvalue weighted by molar-refractivity contribution is -0.140. The van der Waals surface area contributed by atoms with E-state index in [4.69, 9.17) is 11.6 Å². The second-order valence-corrected chi connectivity index (χ2v) is 5.12. The van der Waals surface area contributed by atoms with E-state index in [1.54, 1.807) is 0 Å². The molecule has 2 aromatic rings. The Morgan fingerprint density at radius 1 is 1.05 bits per heavy atom. The van der Waals surface area contributed by atoms with E-state index in [1.807, 2.05) is 18.2 Å². The summed E-state index contributed by atoms with van der Waals surface area (Å²) in [7, 11) is 1.35. The van der Waals surface area contributed by atoms with Crippen molar-refractivity contribution in [2.45, 2.75) is 18.2 Å². The predicted octanol–water partition coefficient (Wildman–Crippen LogP) is 4.07. The smallest absolute Gasteiger partial charge is 0.323 e. The van der Waals surface area contributed by atoms with Crippen molar-refractivity contribution in [3.8, 4) is 11.1 Å². The van der Waals surface area contributed by atoms with Crippen LogP contribution in [0.2, 0.25) is 0 Å². The van der Waals surface area contributed by atoms with E-state index in [1.165, 1.54) is 23.8 Å². The Kier molecular flexibility index (Phi) is 5.19. The van der Waals surface area contributed by atoms with Crippen LogP contribution >= 0.6 is 11.6 Å². The van der Waals surface area contributed by atoms with E-state index >= 15 is 0 Å². The highest BCUT2D eigenvalue weighted by atomic mass is 35.5. The first-order valence-corrected chi connectivity index (χ1v) is 7.00. The second kappa shape index (κ2) is 7.11. The van der Waals surface area contributed by atoms with Gasteiger partial charge in [-0.3, -0.25) is 4.79 Å². The van der Waals surface area contributed by atoms with Crippen LogP contribution in [-0.4, -0.2) is 18.5 Å². The van der Waals surface area contributed by atoms with Gasteiger partial charge in [-0.2, -0.15) is 0 Å². The first-order valence-electron chi connectivity index (χ1n) is 6.57. The molecule has 20 heavy (non-hydrogen) atoms. The minimum absolute atomic E-state index is 0.368. The standard InChI is InChI=1S/C17H17ClO2/c1-20-17(19)16(18)12-9-13-7-10-15(11-8-13)14-5-3-2-4-6-14/h2-8,10-11,16H,9,12H2,1H3.